The van der Waals surface area contributed by atoms with E-state index in [9.17, 15) is 4.79 Å². The average Bonchev–Trinajstić information content (AvgIpc) is 3.23. The lowest BCUT2D eigenvalue weighted by molar-refractivity contribution is -0.114. The first kappa shape index (κ1) is 22.5. The number of hydrogen-bond acceptors (Lipinski definition) is 4. The fraction of sp³-hybridized carbons (Fsp3) is 0.417. The first-order valence-corrected chi connectivity index (χ1v) is 10.9. The number of hydrogen-bond donors (Lipinski definition) is 3. The molecule has 7 nitrogen and oxygen atoms in total. The Kier molecular flexibility index (Phi) is 8.15. The highest BCUT2D eigenvalue weighted by atomic mass is 16.5. The monoisotopic (exact) mass is 423 g/mol. The third kappa shape index (κ3) is 6.64. The van der Waals surface area contributed by atoms with Crippen LogP contribution in [0.4, 0.5) is 11.4 Å². The van der Waals surface area contributed by atoms with E-state index < -0.39 is 0 Å². The standard InChI is InChI=1S/C24H33N5O2/c1-4-25-24(26-15-13-19-9-11-20(12-10-19)27-18(2)30)28-21-14-16-29(17-21)22-7-5-6-8-23(22)31-3/h5-12,21H,4,13-17H2,1-3H3,(H,27,30)(H2,25,26,28). The second-order valence-electron chi connectivity index (χ2n) is 7.64. The van der Waals surface area contributed by atoms with Crippen molar-refractivity contribution in [2.24, 2.45) is 4.99 Å². The summed E-state index contributed by atoms with van der Waals surface area (Å²) >= 11 is 0. The van der Waals surface area contributed by atoms with Crippen molar-refractivity contribution < 1.29 is 9.53 Å². The summed E-state index contributed by atoms with van der Waals surface area (Å²) in [6.45, 7) is 7.00. The summed E-state index contributed by atoms with van der Waals surface area (Å²) in [6.07, 6.45) is 1.89. The van der Waals surface area contributed by atoms with Gasteiger partial charge in [0.2, 0.25) is 5.91 Å². The van der Waals surface area contributed by atoms with Gasteiger partial charge in [0.25, 0.3) is 0 Å². The maximum Gasteiger partial charge on any atom is 0.221 e. The Hall–Kier alpha value is -3.22. The Morgan fingerprint density at radius 1 is 1.19 bits per heavy atom. The van der Waals surface area contributed by atoms with Gasteiger partial charge in [0, 0.05) is 44.8 Å². The predicted octanol–water partition coefficient (Wildman–Crippen LogP) is 3.03. The van der Waals surface area contributed by atoms with Crippen molar-refractivity contribution in [1.29, 1.82) is 0 Å². The molecule has 0 radical (unpaired) electrons. The number of guanidine groups is 1. The molecule has 1 heterocycles. The second-order valence-corrected chi connectivity index (χ2v) is 7.64. The molecule has 1 aliphatic heterocycles. The lowest BCUT2D eigenvalue weighted by atomic mass is 10.1. The molecule has 1 unspecified atom stereocenters. The minimum absolute atomic E-state index is 0.0603. The number of rotatable bonds is 8. The second kappa shape index (κ2) is 11.2. The highest BCUT2D eigenvalue weighted by Crippen LogP contribution is 2.30. The summed E-state index contributed by atoms with van der Waals surface area (Å²) in [5.74, 6) is 1.70. The first-order chi connectivity index (χ1) is 15.1. The fourth-order valence-electron chi connectivity index (χ4n) is 3.76. The molecule has 1 saturated heterocycles. The number of para-hydroxylation sites is 2. The van der Waals surface area contributed by atoms with Crippen molar-refractivity contribution in [2.45, 2.75) is 32.7 Å². The first-order valence-electron chi connectivity index (χ1n) is 10.9. The van der Waals surface area contributed by atoms with Gasteiger partial charge >= 0.3 is 0 Å². The van der Waals surface area contributed by atoms with Crippen LogP contribution in [-0.2, 0) is 11.2 Å². The molecule has 0 bridgehead atoms. The van der Waals surface area contributed by atoms with Crippen LogP contribution >= 0.6 is 0 Å². The number of carbonyl (C=O) groups excluding carboxylic acids is 1. The summed E-state index contributed by atoms with van der Waals surface area (Å²) in [5, 5.41) is 9.72. The molecule has 166 valence electrons. The van der Waals surface area contributed by atoms with Crippen LogP contribution in [0.3, 0.4) is 0 Å². The van der Waals surface area contributed by atoms with E-state index in [1.54, 1.807) is 7.11 Å². The minimum atomic E-state index is -0.0603. The zero-order chi connectivity index (χ0) is 22.1. The van der Waals surface area contributed by atoms with E-state index in [1.807, 2.05) is 42.5 Å². The zero-order valence-electron chi connectivity index (χ0n) is 18.6. The van der Waals surface area contributed by atoms with Gasteiger partial charge in [-0.25, -0.2) is 0 Å². The summed E-state index contributed by atoms with van der Waals surface area (Å²) in [4.78, 5) is 18.2. The molecule has 1 fully saturated rings. The molecule has 1 amide bonds. The smallest absolute Gasteiger partial charge is 0.221 e. The highest BCUT2D eigenvalue weighted by Gasteiger charge is 2.25. The number of ether oxygens (including phenoxy) is 1. The summed E-state index contributed by atoms with van der Waals surface area (Å²) in [6, 6.07) is 16.4. The van der Waals surface area contributed by atoms with E-state index >= 15 is 0 Å². The molecular formula is C24H33N5O2. The Labute approximate surface area is 184 Å². The van der Waals surface area contributed by atoms with Crippen molar-refractivity contribution in [3.05, 3.63) is 54.1 Å². The third-order valence-corrected chi connectivity index (χ3v) is 5.24. The molecule has 0 aromatic heterocycles. The van der Waals surface area contributed by atoms with E-state index in [2.05, 4.69) is 33.8 Å². The van der Waals surface area contributed by atoms with Crippen LogP contribution in [0, 0.1) is 0 Å². The Bertz CT molecular complexity index is 882. The largest absolute Gasteiger partial charge is 0.495 e. The third-order valence-electron chi connectivity index (χ3n) is 5.24. The predicted molar refractivity (Wildman–Crippen MR) is 127 cm³/mol. The van der Waals surface area contributed by atoms with Crippen LogP contribution in [0.2, 0.25) is 0 Å². The maximum atomic E-state index is 11.1. The number of benzene rings is 2. The topological polar surface area (TPSA) is 78.0 Å². The zero-order valence-corrected chi connectivity index (χ0v) is 18.6. The molecule has 1 aliphatic rings. The van der Waals surface area contributed by atoms with E-state index in [-0.39, 0.29) is 5.91 Å². The lowest BCUT2D eigenvalue weighted by Gasteiger charge is -2.22. The maximum absolute atomic E-state index is 11.1. The number of methoxy groups -OCH3 is 1. The molecule has 3 rings (SSSR count). The molecule has 3 N–H and O–H groups in total. The van der Waals surface area contributed by atoms with Gasteiger partial charge in [0.15, 0.2) is 5.96 Å². The fourth-order valence-corrected chi connectivity index (χ4v) is 3.76. The Balaban J connectivity index is 1.53. The molecular weight excluding hydrogens is 390 g/mol. The van der Waals surface area contributed by atoms with E-state index in [0.29, 0.717) is 12.6 Å². The van der Waals surface area contributed by atoms with E-state index in [0.717, 1.165) is 55.6 Å². The molecule has 2 aromatic carbocycles. The summed E-state index contributed by atoms with van der Waals surface area (Å²) in [5.41, 5.74) is 3.14. The van der Waals surface area contributed by atoms with Gasteiger partial charge in [-0.1, -0.05) is 24.3 Å². The quantitative estimate of drug-likeness (QED) is 0.449. The SMILES string of the molecule is CCNC(=NCCc1ccc(NC(C)=O)cc1)NC1CCN(c2ccccc2OC)C1. The van der Waals surface area contributed by atoms with Crippen LogP contribution in [0.15, 0.2) is 53.5 Å². The van der Waals surface area contributed by atoms with Gasteiger partial charge in [-0.05, 0) is 49.6 Å². The number of amides is 1. The van der Waals surface area contributed by atoms with Gasteiger partial charge in [-0.3, -0.25) is 9.79 Å². The van der Waals surface area contributed by atoms with E-state index in [1.165, 1.54) is 12.5 Å². The number of aliphatic imine (C=N–C) groups is 1. The summed E-state index contributed by atoms with van der Waals surface area (Å²) in [7, 11) is 1.72. The number of anilines is 2. The van der Waals surface area contributed by atoms with Crippen LogP contribution < -0.4 is 25.6 Å². The average molecular weight is 424 g/mol. The van der Waals surface area contributed by atoms with Crippen molar-refractivity contribution in [2.75, 3.05) is 43.5 Å². The molecule has 0 aliphatic carbocycles. The van der Waals surface area contributed by atoms with Crippen LogP contribution in [-0.4, -0.2) is 51.2 Å². The number of carbonyl (C=O) groups is 1. The highest BCUT2D eigenvalue weighted by molar-refractivity contribution is 5.88. The molecule has 31 heavy (non-hydrogen) atoms. The van der Waals surface area contributed by atoms with E-state index in [4.69, 9.17) is 9.73 Å². The van der Waals surface area contributed by atoms with Gasteiger partial charge < -0.3 is 25.6 Å². The minimum Gasteiger partial charge on any atom is -0.495 e. The molecule has 0 spiro atoms. The van der Waals surface area contributed by atoms with Gasteiger partial charge in [-0.15, -0.1) is 0 Å². The van der Waals surface area contributed by atoms with Crippen molar-refractivity contribution in [1.82, 2.24) is 10.6 Å². The number of nitrogens with one attached hydrogen (secondary N) is 3. The van der Waals surface area contributed by atoms with Gasteiger partial charge in [-0.2, -0.15) is 0 Å². The van der Waals surface area contributed by atoms with Crippen LogP contribution in [0.25, 0.3) is 0 Å². The molecule has 2 aromatic rings. The molecule has 7 heteroatoms. The summed E-state index contributed by atoms with van der Waals surface area (Å²) < 4.78 is 5.52. The lowest BCUT2D eigenvalue weighted by Crippen LogP contribution is -2.44. The molecule has 1 atom stereocenters. The Morgan fingerprint density at radius 3 is 2.68 bits per heavy atom. The van der Waals surface area contributed by atoms with Gasteiger partial charge in [0.05, 0.1) is 12.8 Å². The van der Waals surface area contributed by atoms with Crippen LogP contribution in [0.1, 0.15) is 25.8 Å². The van der Waals surface area contributed by atoms with Crippen molar-refractivity contribution in [3.8, 4) is 5.75 Å². The Morgan fingerprint density at radius 2 is 1.97 bits per heavy atom. The molecule has 0 saturated carbocycles. The van der Waals surface area contributed by atoms with Crippen molar-refractivity contribution in [3.63, 3.8) is 0 Å². The van der Waals surface area contributed by atoms with Crippen LogP contribution in [0.5, 0.6) is 5.75 Å². The van der Waals surface area contributed by atoms with Crippen molar-refractivity contribution >= 4 is 23.2 Å². The normalized spacial score (nSPS) is 16.2. The van der Waals surface area contributed by atoms with Gasteiger partial charge in [0.1, 0.15) is 5.75 Å². The number of nitrogens with zero attached hydrogens (tertiary/aromatic N) is 2.